The second-order valence-corrected chi connectivity index (χ2v) is 5.01. The third-order valence-corrected chi connectivity index (χ3v) is 3.37. The molecule has 1 aromatic carbocycles. The maximum absolute atomic E-state index is 6.04. The Bertz CT molecular complexity index is 623. The summed E-state index contributed by atoms with van der Waals surface area (Å²) in [7, 11) is 1.82. The minimum absolute atomic E-state index is 0.276. The number of nitrogens with one attached hydrogen (secondary N) is 1. The fourth-order valence-corrected chi connectivity index (χ4v) is 2.13. The van der Waals surface area contributed by atoms with Crippen molar-refractivity contribution in [2.75, 3.05) is 0 Å². The fourth-order valence-electron chi connectivity index (χ4n) is 1.54. The number of hydrogen-bond acceptors (Lipinski definition) is 3. The maximum Gasteiger partial charge on any atom is 0.195 e. The molecule has 0 aliphatic heterocycles. The smallest absolute Gasteiger partial charge is 0.195 e. The van der Waals surface area contributed by atoms with Crippen LogP contribution in [-0.4, -0.2) is 14.8 Å². The zero-order valence-corrected chi connectivity index (χ0v) is 12.1. The van der Waals surface area contributed by atoms with Crippen molar-refractivity contribution < 1.29 is 4.74 Å². The van der Waals surface area contributed by atoms with Crippen molar-refractivity contribution in [2.45, 2.75) is 13.0 Å². The molecule has 0 aliphatic rings. The van der Waals surface area contributed by atoms with Crippen molar-refractivity contribution in [3.8, 4) is 5.75 Å². The molecule has 0 unspecified atom stereocenters. The molecule has 4 nitrogen and oxygen atoms in total. The third-order valence-electron chi connectivity index (χ3n) is 2.48. The summed E-state index contributed by atoms with van der Waals surface area (Å²) in [5, 5.41) is 7.85. The number of halogens is 2. The van der Waals surface area contributed by atoms with Crippen LogP contribution in [0.25, 0.3) is 0 Å². The average molecular weight is 304 g/mol. The first-order valence-electron chi connectivity index (χ1n) is 5.22. The van der Waals surface area contributed by atoms with Crippen LogP contribution in [0.15, 0.2) is 18.2 Å². The van der Waals surface area contributed by atoms with Crippen LogP contribution in [0.2, 0.25) is 10.0 Å². The highest BCUT2D eigenvalue weighted by Gasteiger charge is 2.15. The van der Waals surface area contributed by atoms with E-state index in [-0.39, 0.29) is 6.10 Å². The molecule has 18 heavy (non-hydrogen) atoms. The molecule has 0 saturated carbocycles. The molecule has 0 saturated heterocycles. The van der Waals surface area contributed by atoms with E-state index in [0.29, 0.717) is 26.4 Å². The summed E-state index contributed by atoms with van der Waals surface area (Å²) < 4.78 is 8.04. The number of nitrogens with zero attached hydrogens (tertiary/aromatic N) is 2. The quantitative estimate of drug-likeness (QED) is 0.874. The molecular weight excluding hydrogens is 293 g/mol. The lowest BCUT2D eigenvalue weighted by atomic mass is 10.3. The Kier molecular flexibility index (Phi) is 3.94. The summed E-state index contributed by atoms with van der Waals surface area (Å²) in [5.74, 6) is 1.26. The van der Waals surface area contributed by atoms with Crippen molar-refractivity contribution in [2.24, 2.45) is 7.05 Å². The van der Waals surface area contributed by atoms with E-state index in [0.717, 1.165) is 0 Å². The SMILES string of the molecule is C[C@@H](Oc1ccc(Cl)cc1Cl)c1n[nH]c(=S)n1C. The molecule has 1 aromatic heterocycles. The molecular formula is C11H11Cl2N3OS. The predicted molar refractivity (Wildman–Crippen MR) is 73.9 cm³/mol. The Balaban J connectivity index is 2.24. The number of aromatic nitrogens is 3. The van der Waals surface area contributed by atoms with Crippen LogP contribution in [-0.2, 0) is 7.05 Å². The average Bonchev–Trinajstić information content (AvgIpc) is 2.64. The van der Waals surface area contributed by atoms with Crippen molar-refractivity contribution in [3.05, 3.63) is 38.8 Å². The van der Waals surface area contributed by atoms with E-state index in [4.69, 9.17) is 40.2 Å². The van der Waals surface area contributed by atoms with E-state index in [9.17, 15) is 0 Å². The van der Waals surface area contributed by atoms with Crippen LogP contribution >= 0.6 is 35.4 Å². The molecule has 7 heteroatoms. The van der Waals surface area contributed by atoms with Crippen molar-refractivity contribution >= 4 is 35.4 Å². The van der Waals surface area contributed by atoms with Crippen LogP contribution in [0.1, 0.15) is 18.9 Å². The van der Waals surface area contributed by atoms with Crippen molar-refractivity contribution in [1.82, 2.24) is 14.8 Å². The fraction of sp³-hybridized carbons (Fsp3) is 0.273. The number of ether oxygens (including phenoxy) is 1. The summed E-state index contributed by atoms with van der Waals surface area (Å²) in [5.41, 5.74) is 0. The van der Waals surface area contributed by atoms with Gasteiger partial charge in [-0.1, -0.05) is 23.2 Å². The van der Waals surface area contributed by atoms with E-state index >= 15 is 0 Å². The van der Waals surface area contributed by atoms with Gasteiger partial charge in [-0.15, -0.1) is 0 Å². The second kappa shape index (κ2) is 5.30. The van der Waals surface area contributed by atoms with Crippen LogP contribution in [0.4, 0.5) is 0 Å². The Morgan fingerprint density at radius 1 is 1.44 bits per heavy atom. The van der Waals surface area contributed by atoms with E-state index in [1.807, 2.05) is 14.0 Å². The highest BCUT2D eigenvalue weighted by molar-refractivity contribution is 7.71. The normalized spacial score (nSPS) is 12.4. The molecule has 2 rings (SSSR count). The van der Waals surface area contributed by atoms with Gasteiger partial charge in [0.05, 0.1) is 5.02 Å². The molecule has 0 radical (unpaired) electrons. The van der Waals surface area contributed by atoms with E-state index < -0.39 is 0 Å². The van der Waals surface area contributed by atoms with Gasteiger partial charge in [-0.25, -0.2) is 0 Å². The van der Waals surface area contributed by atoms with Gasteiger partial charge in [0.15, 0.2) is 16.7 Å². The minimum atomic E-state index is -0.276. The molecule has 0 spiro atoms. The molecule has 1 atom stereocenters. The lowest BCUT2D eigenvalue weighted by molar-refractivity contribution is 0.212. The molecule has 0 bridgehead atoms. The molecule has 0 amide bonds. The zero-order chi connectivity index (χ0) is 13.3. The Morgan fingerprint density at radius 2 is 2.17 bits per heavy atom. The first-order valence-corrected chi connectivity index (χ1v) is 6.38. The molecule has 0 aliphatic carbocycles. The van der Waals surface area contributed by atoms with Gasteiger partial charge in [0.2, 0.25) is 0 Å². The van der Waals surface area contributed by atoms with Gasteiger partial charge in [-0.05, 0) is 37.3 Å². The third kappa shape index (κ3) is 2.68. The van der Waals surface area contributed by atoms with Gasteiger partial charge in [-0.2, -0.15) is 5.10 Å². The number of benzene rings is 1. The molecule has 2 aromatic rings. The Labute approximate surface area is 119 Å². The lowest BCUT2D eigenvalue weighted by Gasteiger charge is -2.14. The molecule has 96 valence electrons. The maximum atomic E-state index is 6.04. The van der Waals surface area contributed by atoms with Gasteiger partial charge < -0.3 is 9.30 Å². The minimum Gasteiger partial charge on any atom is -0.481 e. The monoisotopic (exact) mass is 303 g/mol. The summed E-state index contributed by atoms with van der Waals surface area (Å²) in [6.07, 6.45) is -0.276. The summed E-state index contributed by atoms with van der Waals surface area (Å²) in [6.45, 7) is 1.87. The number of H-pyrrole nitrogens is 1. The topological polar surface area (TPSA) is 42.8 Å². The first-order chi connectivity index (χ1) is 8.49. The van der Waals surface area contributed by atoms with E-state index in [1.54, 1.807) is 22.8 Å². The molecule has 1 N–H and O–H groups in total. The van der Waals surface area contributed by atoms with Gasteiger partial charge in [0, 0.05) is 12.1 Å². The highest BCUT2D eigenvalue weighted by atomic mass is 35.5. The number of aromatic amines is 1. The van der Waals surface area contributed by atoms with Gasteiger partial charge in [-0.3, -0.25) is 5.10 Å². The van der Waals surface area contributed by atoms with Gasteiger partial charge >= 0.3 is 0 Å². The Morgan fingerprint density at radius 3 is 2.72 bits per heavy atom. The van der Waals surface area contributed by atoms with Crippen LogP contribution < -0.4 is 4.74 Å². The Hall–Kier alpha value is -1.04. The summed E-state index contributed by atoms with van der Waals surface area (Å²) in [6, 6.07) is 5.08. The van der Waals surface area contributed by atoms with Crippen LogP contribution in [0, 0.1) is 4.77 Å². The van der Waals surface area contributed by atoms with Crippen LogP contribution in [0.5, 0.6) is 5.75 Å². The number of hydrogen-bond donors (Lipinski definition) is 1. The lowest BCUT2D eigenvalue weighted by Crippen LogP contribution is -2.09. The van der Waals surface area contributed by atoms with E-state index in [1.165, 1.54) is 0 Å². The van der Waals surface area contributed by atoms with Crippen LogP contribution in [0.3, 0.4) is 0 Å². The largest absolute Gasteiger partial charge is 0.481 e. The second-order valence-electron chi connectivity index (χ2n) is 3.78. The van der Waals surface area contributed by atoms with Gasteiger partial charge in [0.1, 0.15) is 5.75 Å². The highest BCUT2D eigenvalue weighted by Crippen LogP contribution is 2.30. The standard InChI is InChI=1S/C11H11Cl2N3OS/c1-6(10-14-15-11(18)16(10)2)17-9-4-3-7(12)5-8(9)13/h3-6H,1-2H3,(H,15,18)/t6-/m1/s1. The first kappa shape index (κ1) is 13.4. The van der Waals surface area contributed by atoms with E-state index in [2.05, 4.69) is 10.2 Å². The predicted octanol–water partition coefficient (Wildman–Crippen LogP) is 3.92. The van der Waals surface area contributed by atoms with Gasteiger partial charge in [0.25, 0.3) is 0 Å². The summed E-state index contributed by atoms with van der Waals surface area (Å²) in [4.78, 5) is 0. The van der Waals surface area contributed by atoms with Crippen molar-refractivity contribution in [3.63, 3.8) is 0 Å². The van der Waals surface area contributed by atoms with Crippen molar-refractivity contribution in [1.29, 1.82) is 0 Å². The molecule has 1 heterocycles. The number of rotatable bonds is 3. The molecule has 0 fully saturated rings. The summed E-state index contributed by atoms with van der Waals surface area (Å²) >= 11 is 16.9. The zero-order valence-electron chi connectivity index (χ0n) is 9.78.